The van der Waals surface area contributed by atoms with Gasteiger partial charge in [0.2, 0.25) is 5.88 Å². The summed E-state index contributed by atoms with van der Waals surface area (Å²) in [6.07, 6.45) is 3.14. The third-order valence-corrected chi connectivity index (χ3v) is 4.96. The number of fused-ring (bicyclic) bond motifs is 1. The Morgan fingerprint density at radius 3 is 3.05 bits per heavy atom. The van der Waals surface area contributed by atoms with Gasteiger partial charge in [0, 0.05) is 28.8 Å². The molecule has 2 heterocycles. The van der Waals surface area contributed by atoms with Crippen LogP contribution in [0, 0.1) is 0 Å². The number of hydrogen-bond donors (Lipinski definition) is 0. The second-order valence-electron chi connectivity index (χ2n) is 5.10. The average molecular weight is 319 g/mol. The summed E-state index contributed by atoms with van der Waals surface area (Å²) >= 11 is 1.83. The van der Waals surface area contributed by atoms with Crippen molar-refractivity contribution in [2.24, 2.45) is 0 Å². The molecule has 116 valence electrons. The van der Waals surface area contributed by atoms with Crippen molar-refractivity contribution in [3.8, 4) is 11.6 Å². The maximum atomic E-state index is 12.1. The van der Waals surface area contributed by atoms with E-state index in [0.29, 0.717) is 24.2 Å². The fourth-order valence-corrected chi connectivity index (χ4v) is 3.80. The summed E-state index contributed by atoms with van der Waals surface area (Å²) in [5, 5.41) is 0.355. The van der Waals surface area contributed by atoms with E-state index in [-0.39, 0.29) is 6.67 Å². The summed E-state index contributed by atoms with van der Waals surface area (Å²) in [4.78, 5) is 5.45. The van der Waals surface area contributed by atoms with Crippen LogP contribution in [0.1, 0.15) is 22.8 Å². The van der Waals surface area contributed by atoms with Crippen molar-refractivity contribution in [2.45, 2.75) is 23.0 Å². The molecule has 0 bridgehead atoms. The highest BCUT2D eigenvalue weighted by Gasteiger charge is 2.24. The zero-order chi connectivity index (χ0) is 15.4. The number of aromatic nitrogens is 1. The summed E-state index contributed by atoms with van der Waals surface area (Å²) in [6.45, 7) is -0.00248. The lowest BCUT2D eigenvalue weighted by molar-refractivity contribution is 0.280. The molecule has 5 heteroatoms. The summed E-state index contributed by atoms with van der Waals surface area (Å²) < 4.78 is 22.9. The first-order valence-electron chi connectivity index (χ1n) is 7.28. The number of halogens is 1. The van der Waals surface area contributed by atoms with Crippen LogP contribution >= 0.6 is 11.8 Å². The highest BCUT2D eigenvalue weighted by molar-refractivity contribution is 7.99. The lowest BCUT2D eigenvalue weighted by atomic mass is 10.1. The predicted octanol–water partition coefficient (Wildman–Crippen LogP) is 4.22. The lowest BCUT2D eigenvalue weighted by Crippen LogP contribution is -2.01. The van der Waals surface area contributed by atoms with E-state index in [1.54, 1.807) is 13.3 Å². The fraction of sp³-hybridized carbons (Fsp3) is 0.353. The van der Waals surface area contributed by atoms with Gasteiger partial charge in [-0.05, 0) is 35.7 Å². The van der Waals surface area contributed by atoms with E-state index in [2.05, 4.69) is 17.1 Å². The molecule has 22 heavy (non-hydrogen) atoms. The number of benzene rings is 1. The minimum absolute atomic E-state index is 0.355. The van der Waals surface area contributed by atoms with Crippen LogP contribution < -0.4 is 9.47 Å². The SMILES string of the molecule is COc1ccc2c(c1)SC(c1ccnc(OCCCF)c1)C2. The van der Waals surface area contributed by atoms with Crippen LogP contribution in [-0.2, 0) is 6.42 Å². The molecular formula is C17H18FNO2S. The molecule has 1 aromatic carbocycles. The molecule has 3 nitrogen and oxygen atoms in total. The first-order chi connectivity index (χ1) is 10.8. The van der Waals surface area contributed by atoms with Gasteiger partial charge in [0.05, 0.1) is 20.4 Å². The zero-order valence-corrected chi connectivity index (χ0v) is 13.2. The summed E-state index contributed by atoms with van der Waals surface area (Å²) in [5.41, 5.74) is 2.53. The van der Waals surface area contributed by atoms with Gasteiger partial charge in [0.15, 0.2) is 0 Å². The summed E-state index contributed by atoms with van der Waals surface area (Å²) in [7, 11) is 1.68. The van der Waals surface area contributed by atoms with Crippen LogP contribution in [-0.4, -0.2) is 25.4 Å². The second kappa shape index (κ2) is 7.01. The number of nitrogens with zero attached hydrogens (tertiary/aromatic N) is 1. The Kier molecular flexibility index (Phi) is 4.83. The van der Waals surface area contributed by atoms with Crippen molar-refractivity contribution in [1.29, 1.82) is 0 Å². The maximum Gasteiger partial charge on any atom is 0.213 e. The van der Waals surface area contributed by atoms with Gasteiger partial charge in [-0.15, -0.1) is 11.8 Å². The van der Waals surface area contributed by atoms with Gasteiger partial charge in [-0.25, -0.2) is 4.98 Å². The fourth-order valence-electron chi connectivity index (χ4n) is 2.46. The van der Waals surface area contributed by atoms with E-state index < -0.39 is 0 Å². The van der Waals surface area contributed by atoms with Gasteiger partial charge in [0.25, 0.3) is 0 Å². The molecule has 3 rings (SSSR count). The van der Waals surface area contributed by atoms with Crippen molar-refractivity contribution in [3.05, 3.63) is 47.7 Å². The quantitative estimate of drug-likeness (QED) is 0.746. The van der Waals surface area contributed by atoms with Crippen LogP contribution in [0.5, 0.6) is 11.6 Å². The van der Waals surface area contributed by atoms with Gasteiger partial charge >= 0.3 is 0 Å². The van der Waals surface area contributed by atoms with Crippen LogP contribution in [0.3, 0.4) is 0 Å². The van der Waals surface area contributed by atoms with E-state index in [0.717, 1.165) is 12.2 Å². The number of thioether (sulfide) groups is 1. The Labute approximate surface area is 133 Å². The van der Waals surface area contributed by atoms with Gasteiger partial charge in [-0.3, -0.25) is 4.39 Å². The normalized spacial score (nSPS) is 16.4. The molecular weight excluding hydrogens is 301 g/mol. The van der Waals surface area contributed by atoms with Gasteiger partial charge in [0.1, 0.15) is 5.75 Å². The molecule has 0 spiro atoms. The number of rotatable bonds is 6. The summed E-state index contributed by atoms with van der Waals surface area (Å²) in [5.74, 6) is 1.46. The smallest absolute Gasteiger partial charge is 0.213 e. The van der Waals surface area contributed by atoms with Crippen molar-refractivity contribution >= 4 is 11.8 Å². The van der Waals surface area contributed by atoms with Crippen LogP contribution in [0.25, 0.3) is 0 Å². The van der Waals surface area contributed by atoms with Crippen LogP contribution in [0.15, 0.2) is 41.4 Å². The van der Waals surface area contributed by atoms with Crippen LogP contribution in [0.4, 0.5) is 4.39 Å². The Morgan fingerprint density at radius 1 is 1.32 bits per heavy atom. The molecule has 0 saturated carbocycles. The van der Waals surface area contributed by atoms with E-state index >= 15 is 0 Å². The first-order valence-corrected chi connectivity index (χ1v) is 8.16. The molecule has 1 unspecified atom stereocenters. The number of hydrogen-bond acceptors (Lipinski definition) is 4. The van der Waals surface area contributed by atoms with Crippen LogP contribution in [0.2, 0.25) is 0 Å². The number of ether oxygens (including phenoxy) is 2. The molecule has 1 aliphatic heterocycles. The van der Waals surface area contributed by atoms with Gasteiger partial charge < -0.3 is 9.47 Å². The minimum Gasteiger partial charge on any atom is -0.497 e. The Balaban J connectivity index is 1.72. The van der Waals surface area contributed by atoms with Gasteiger partial charge in [-0.2, -0.15) is 0 Å². The van der Waals surface area contributed by atoms with Crippen molar-refractivity contribution in [1.82, 2.24) is 4.98 Å². The molecule has 0 radical (unpaired) electrons. The summed E-state index contributed by atoms with van der Waals surface area (Å²) in [6, 6.07) is 10.2. The Bertz CT molecular complexity index is 650. The van der Waals surface area contributed by atoms with Crippen molar-refractivity contribution in [2.75, 3.05) is 20.4 Å². The highest BCUT2D eigenvalue weighted by atomic mass is 32.2. The van der Waals surface area contributed by atoms with Crippen molar-refractivity contribution in [3.63, 3.8) is 0 Å². The van der Waals surface area contributed by atoms with Crippen molar-refractivity contribution < 1.29 is 13.9 Å². The highest BCUT2D eigenvalue weighted by Crippen LogP contribution is 2.47. The second-order valence-corrected chi connectivity index (χ2v) is 6.35. The topological polar surface area (TPSA) is 31.4 Å². The molecule has 2 aromatic rings. The Hall–Kier alpha value is -1.75. The monoisotopic (exact) mass is 319 g/mol. The van der Waals surface area contributed by atoms with E-state index in [9.17, 15) is 4.39 Å². The maximum absolute atomic E-state index is 12.1. The molecule has 0 saturated heterocycles. The number of pyridine rings is 1. The molecule has 1 atom stereocenters. The third-order valence-electron chi connectivity index (χ3n) is 3.61. The zero-order valence-electron chi connectivity index (χ0n) is 12.4. The largest absolute Gasteiger partial charge is 0.497 e. The van der Waals surface area contributed by atoms with E-state index in [1.165, 1.54) is 16.0 Å². The predicted molar refractivity (Wildman–Crippen MR) is 85.6 cm³/mol. The third kappa shape index (κ3) is 3.35. The number of methoxy groups -OCH3 is 1. The molecule has 0 fully saturated rings. The lowest BCUT2D eigenvalue weighted by Gasteiger charge is -2.10. The first kappa shape index (κ1) is 15.2. The molecule has 1 aromatic heterocycles. The molecule has 1 aliphatic rings. The van der Waals surface area contributed by atoms with Gasteiger partial charge in [-0.1, -0.05) is 6.07 Å². The Morgan fingerprint density at radius 2 is 2.23 bits per heavy atom. The molecule has 0 amide bonds. The van der Waals surface area contributed by atoms with E-state index in [4.69, 9.17) is 9.47 Å². The van der Waals surface area contributed by atoms with E-state index in [1.807, 2.05) is 30.0 Å². The standard InChI is InChI=1S/C17H18FNO2S/c1-20-14-4-3-12-9-15(22-16(12)11-14)13-5-7-19-17(10-13)21-8-2-6-18/h3-5,7,10-11,15H,2,6,8-9H2,1H3. The molecule has 0 aliphatic carbocycles. The number of alkyl halides is 1. The minimum atomic E-state index is -0.366. The average Bonchev–Trinajstić information content (AvgIpc) is 2.98. The molecule has 0 N–H and O–H groups in total.